The molecular formula is C26H26F3N3O2. The first-order valence-corrected chi connectivity index (χ1v) is 11.1. The van der Waals surface area contributed by atoms with E-state index in [-0.39, 0.29) is 28.7 Å². The zero-order valence-corrected chi connectivity index (χ0v) is 19.2. The minimum absolute atomic E-state index is 0.197. The first-order valence-electron chi connectivity index (χ1n) is 11.1. The third-order valence-electron chi connectivity index (χ3n) is 6.14. The lowest BCUT2D eigenvalue weighted by Gasteiger charge is -2.34. The first kappa shape index (κ1) is 23.8. The molecule has 0 saturated carbocycles. The number of nitrogens with zero attached hydrogens (tertiary/aromatic N) is 3. The van der Waals surface area contributed by atoms with Gasteiger partial charge in [0.2, 0.25) is 5.43 Å². The minimum atomic E-state index is -0.917. The second-order valence-electron chi connectivity index (χ2n) is 8.57. The number of allylic oxidation sites excluding steroid dienone is 1. The number of halogens is 3. The van der Waals surface area contributed by atoms with Crippen molar-refractivity contribution in [1.82, 2.24) is 9.47 Å². The van der Waals surface area contributed by atoms with Crippen molar-refractivity contribution in [1.29, 1.82) is 0 Å². The number of likely N-dealkylation sites (N-methyl/N-ethyl adjacent to an activating group) is 1. The van der Waals surface area contributed by atoms with Gasteiger partial charge in [-0.2, -0.15) is 0 Å². The van der Waals surface area contributed by atoms with Crippen molar-refractivity contribution in [3.05, 3.63) is 81.2 Å². The zero-order chi connectivity index (χ0) is 24.4. The Labute approximate surface area is 195 Å². The van der Waals surface area contributed by atoms with E-state index in [1.807, 2.05) is 43.1 Å². The van der Waals surface area contributed by atoms with Crippen molar-refractivity contribution in [3.63, 3.8) is 0 Å². The van der Waals surface area contributed by atoms with Crippen LogP contribution in [0.15, 0.2) is 47.4 Å². The van der Waals surface area contributed by atoms with E-state index in [4.69, 9.17) is 0 Å². The molecule has 2 aromatic carbocycles. The number of pyridine rings is 1. The number of hydrogen-bond acceptors (Lipinski definition) is 4. The van der Waals surface area contributed by atoms with Gasteiger partial charge >= 0.3 is 0 Å². The van der Waals surface area contributed by atoms with E-state index >= 15 is 8.78 Å². The van der Waals surface area contributed by atoms with Crippen LogP contribution in [0.2, 0.25) is 0 Å². The Morgan fingerprint density at radius 3 is 2.41 bits per heavy atom. The quantitative estimate of drug-likeness (QED) is 0.401. The van der Waals surface area contributed by atoms with Crippen molar-refractivity contribution in [3.8, 4) is 0 Å². The Morgan fingerprint density at radius 2 is 1.76 bits per heavy atom. The van der Waals surface area contributed by atoms with E-state index < -0.39 is 29.5 Å². The van der Waals surface area contributed by atoms with Crippen molar-refractivity contribution in [2.24, 2.45) is 0 Å². The Bertz CT molecular complexity index is 1310. The van der Waals surface area contributed by atoms with Gasteiger partial charge in [0.25, 0.3) is 0 Å². The van der Waals surface area contributed by atoms with Crippen LogP contribution in [0.5, 0.6) is 0 Å². The molecule has 2 heterocycles. The maximum Gasteiger partial charge on any atom is 0.200 e. The molecule has 0 radical (unpaired) electrons. The summed E-state index contributed by atoms with van der Waals surface area (Å²) < 4.78 is 45.2. The van der Waals surface area contributed by atoms with Gasteiger partial charge in [-0.15, -0.1) is 0 Å². The number of carbonyl (C=O) groups is 1. The smallest absolute Gasteiger partial charge is 0.200 e. The van der Waals surface area contributed by atoms with E-state index in [1.165, 1.54) is 16.8 Å². The molecule has 1 aromatic heterocycles. The lowest BCUT2D eigenvalue weighted by Crippen LogP contribution is -2.45. The average Bonchev–Trinajstić information content (AvgIpc) is 2.81. The molecule has 0 N–H and O–H groups in total. The van der Waals surface area contributed by atoms with Crippen LogP contribution in [-0.4, -0.2) is 55.2 Å². The van der Waals surface area contributed by atoms with Crippen LogP contribution in [0.3, 0.4) is 0 Å². The molecule has 1 fully saturated rings. The summed E-state index contributed by atoms with van der Waals surface area (Å²) in [6.07, 6.45) is 3.96. The van der Waals surface area contributed by atoms with Crippen LogP contribution < -0.4 is 10.3 Å². The third-order valence-corrected chi connectivity index (χ3v) is 6.14. The molecule has 0 spiro atoms. The van der Waals surface area contributed by atoms with Gasteiger partial charge in [0.1, 0.15) is 18.2 Å². The van der Waals surface area contributed by atoms with Gasteiger partial charge in [-0.25, -0.2) is 13.2 Å². The number of carbonyl (C=O) groups excluding carboxylic acids is 1. The van der Waals surface area contributed by atoms with Crippen LogP contribution in [0, 0.1) is 18.6 Å². The van der Waals surface area contributed by atoms with Gasteiger partial charge in [0.15, 0.2) is 11.6 Å². The average molecular weight is 470 g/mol. The molecule has 178 valence electrons. The SMILES string of the molecule is Cc1ccc(/C=C/C(=O)c2cn(CCF)c3c(F)c(N4CCN(C)CC4)c(F)cc3c2=O)cc1. The highest BCUT2D eigenvalue weighted by molar-refractivity contribution is 6.08. The lowest BCUT2D eigenvalue weighted by atomic mass is 10.0. The Hall–Kier alpha value is -3.39. The second kappa shape index (κ2) is 9.85. The third kappa shape index (κ3) is 4.63. The molecule has 0 atom stereocenters. The highest BCUT2D eigenvalue weighted by atomic mass is 19.1. The number of piperazine rings is 1. The summed E-state index contributed by atoms with van der Waals surface area (Å²) in [4.78, 5) is 29.6. The number of rotatable bonds is 6. The molecule has 1 saturated heterocycles. The van der Waals surface area contributed by atoms with Crippen LogP contribution in [0.4, 0.5) is 18.9 Å². The van der Waals surface area contributed by atoms with Gasteiger partial charge < -0.3 is 14.4 Å². The van der Waals surface area contributed by atoms with E-state index in [0.717, 1.165) is 17.2 Å². The maximum absolute atomic E-state index is 15.6. The van der Waals surface area contributed by atoms with Crippen molar-refractivity contribution >= 4 is 28.4 Å². The molecule has 1 aliphatic heterocycles. The number of ketones is 1. The monoisotopic (exact) mass is 469 g/mol. The second-order valence-corrected chi connectivity index (χ2v) is 8.57. The molecule has 0 amide bonds. The Morgan fingerprint density at radius 1 is 1.09 bits per heavy atom. The summed E-state index contributed by atoms with van der Waals surface area (Å²) in [5, 5.41) is -0.282. The van der Waals surface area contributed by atoms with E-state index in [0.29, 0.717) is 26.2 Å². The Kier molecular flexibility index (Phi) is 6.88. The van der Waals surface area contributed by atoms with E-state index in [2.05, 4.69) is 0 Å². The predicted molar refractivity (Wildman–Crippen MR) is 128 cm³/mol. The number of aromatic nitrogens is 1. The molecular weight excluding hydrogens is 443 g/mol. The number of fused-ring (bicyclic) bond motifs is 1. The fourth-order valence-corrected chi connectivity index (χ4v) is 4.18. The van der Waals surface area contributed by atoms with Gasteiger partial charge in [-0.05, 0) is 31.7 Å². The fourth-order valence-electron chi connectivity index (χ4n) is 4.18. The van der Waals surface area contributed by atoms with Gasteiger partial charge in [-0.1, -0.05) is 35.9 Å². The number of anilines is 1. The van der Waals surface area contributed by atoms with Crippen LogP contribution in [-0.2, 0) is 6.54 Å². The van der Waals surface area contributed by atoms with Crippen molar-refractivity contribution < 1.29 is 18.0 Å². The summed E-state index contributed by atoms with van der Waals surface area (Å²) in [6, 6.07) is 8.39. The molecule has 34 heavy (non-hydrogen) atoms. The highest BCUT2D eigenvalue weighted by Crippen LogP contribution is 2.31. The number of benzene rings is 2. The minimum Gasteiger partial charge on any atom is -0.364 e. The normalized spacial score (nSPS) is 14.9. The highest BCUT2D eigenvalue weighted by Gasteiger charge is 2.26. The Balaban J connectivity index is 1.80. The van der Waals surface area contributed by atoms with Gasteiger partial charge in [0.05, 0.1) is 23.0 Å². The maximum atomic E-state index is 15.6. The zero-order valence-electron chi connectivity index (χ0n) is 19.2. The lowest BCUT2D eigenvalue weighted by molar-refractivity contribution is 0.104. The summed E-state index contributed by atoms with van der Waals surface area (Å²) >= 11 is 0. The summed E-state index contributed by atoms with van der Waals surface area (Å²) in [5.41, 5.74) is 0.342. The molecule has 5 nitrogen and oxygen atoms in total. The molecule has 1 aliphatic rings. The molecule has 8 heteroatoms. The number of hydrogen-bond donors (Lipinski definition) is 0. The topological polar surface area (TPSA) is 45.6 Å². The van der Waals surface area contributed by atoms with E-state index in [9.17, 15) is 14.0 Å². The fraction of sp³-hybridized carbons (Fsp3) is 0.308. The van der Waals surface area contributed by atoms with Crippen LogP contribution >= 0.6 is 0 Å². The molecule has 3 aromatic rings. The van der Waals surface area contributed by atoms with Gasteiger partial charge in [0, 0.05) is 32.4 Å². The standard InChI is InChI=1S/C26H26F3N3O2/c1-17-3-5-18(6-4-17)7-8-22(33)20-16-32(10-9-27)24-19(26(20)34)15-21(28)25(23(24)29)31-13-11-30(2)12-14-31/h3-8,15-16H,9-14H2,1-2H3/b8-7+. The molecule has 4 rings (SSSR count). The molecule has 0 unspecified atom stereocenters. The molecule has 0 bridgehead atoms. The van der Waals surface area contributed by atoms with Crippen LogP contribution in [0.25, 0.3) is 17.0 Å². The van der Waals surface area contributed by atoms with Crippen molar-refractivity contribution in [2.75, 3.05) is 44.8 Å². The summed E-state index contributed by atoms with van der Waals surface area (Å²) in [5.74, 6) is -2.42. The predicted octanol–water partition coefficient (Wildman–Crippen LogP) is 4.21. The number of alkyl halides is 1. The van der Waals surface area contributed by atoms with Crippen molar-refractivity contribution in [2.45, 2.75) is 13.5 Å². The summed E-state index contributed by atoms with van der Waals surface area (Å²) in [7, 11) is 1.93. The summed E-state index contributed by atoms with van der Waals surface area (Å²) in [6.45, 7) is 2.93. The van der Waals surface area contributed by atoms with Crippen LogP contribution in [0.1, 0.15) is 21.5 Å². The largest absolute Gasteiger partial charge is 0.364 e. The number of aryl methyl sites for hydroxylation is 2. The molecule has 0 aliphatic carbocycles. The van der Waals surface area contributed by atoms with E-state index in [1.54, 1.807) is 11.0 Å². The van der Waals surface area contributed by atoms with Gasteiger partial charge in [-0.3, -0.25) is 9.59 Å². The first-order chi connectivity index (χ1) is 16.3.